The van der Waals surface area contributed by atoms with Crippen molar-refractivity contribution < 1.29 is 52.2 Å². The molecule has 9 aromatic rings. The summed E-state index contributed by atoms with van der Waals surface area (Å²) in [5, 5.41) is 12.6. The Balaban J connectivity index is 0.00000961. The van der Waals surface area contributed by atoms with E-state index in [0.717, 1.165) is 11.1 Å². The van der Waals surface area contributed by atoms with Gasteiger partial charge in [0.05, 0.1) is 22.1 Å². The van der Waals surface area contributed by atoms with Crippen molar-refractivity contribution in [2.45, 2.75) is 92.0 Å². The summed E-state index contributed by atoms with van der Waals surface area (Å²) in [7, 11) is 0. The molecule has 0 unspecified atom stereocenters. The Hall–Kier alpha value is -6.35. The number of imidazole rings is 1. The molecule has 0 saturated carbocycles. The van der Waals surface area contributed by atoms with Crippen molar-refractivity contribution in [3.8, 4) is 78.6 Å². The Bertz CT molecular complexity index is 4010. The van der Waals surface area contributed by atoms with E-state index in [1.54, 1.807) is 59.2 Å². The normalized spacial score (nSPS) is 17.1. The third-order valence-electron chi connectivity index (χ3n) is 11.8. The van der Waals surface area contributed by atoms with Gasteiger partial charge in [0.2, 0.25) is 0 Å². The monoisotopic (exact) mass is 1080 g/mol. The molecule has 4 nitrogen and oxygen atoms in total. The van der Waals surface area contributed by atoms with Crippen LogP contribution in [0.2, 0.25) is 0 Å². The number of aromatic nitrogens is 3. The second-order valence-electron chi connectivity index (χ2n) is 18.6. The van der Waals surface area contributed by atoms with Gasteiger partial charge in [-0.1, -0.05) is 188 Å². The molecule has 0 amide bonds. The standard InChI is InChI=1S/C62H60N3O.Pt/c1-39-31-50(38-52(40(39)2)43-21-16-13-17-22-43)65-56-24-18-23-51(57(56)64-59(65)53-36-49(61(6,7)8)37-54(58(53)66)62(9,10)11)46-32-45(41-19-14-12-15-20-41)33-47(34-46)55-35-44(29-30-63-55)42-25-27-48(28-26-42)60(3,4)5;/h12-33,35-38,66H,1-11H3;/q-1;/i1D3,2D3,3D3,4D3,5D3,25D,26D,27D,28D;. The summed E-state index contributed by atoms with van der Waals surface area (Å²) in [4.78, 5) is 10.1. The molecule has 0 spiro atoms. The first-order valence-corrected chi connectivity index (χ1v) is 21.6. The van der Waals surface area contributed by atoms with Gasteiger partial charge in [0, 0.05) is 64.8 Å². The quantitative estimate of drug-likeness (QED) is 0.162. The molecule has 5 heteroatoms. The van der Waals surface area contributed by atoms with E-state index in [2.05, 4.69) is 11.1 Å². The molecule has 9 rings (SSSR count). The molecule has 0 aliphatic heterocycles. The molecule has 340 valence electrons. The van der Waals surface area contributed by atoms with Crippen LogP contribution in [0.25, 0.3) is 83.9 Å². The predicted molar refractivity (Wildman–Crippen MR) is 278 cm³/mol. The predicted octanol–water partition coefficient (Wildman–Crippen LogP) is 16.4. The van der Waals surface area contributed by atoms with Crippen LogP contribution in [0.4, 0.5) is 0 Å². The average molecular weight is 1080 g/mol. The number of aryl methyl sites for hydroxylation is 1. The number of para-hydroxylation sites is 1. The first kappa shape index (κ1) is 28.7. The van der Waals surface area contributed by atoms with E-state index in [1.165, 1.54) is 24.4 Å². The maximum Gasteiger partial charge on any atom is 0.148 e. The van der Waals surface area contributed by atoms with Crippen LogP contribution < -0.4 is 0 Å². The number of benzene rings is 7. The van der Waals surface area contributed by atoms with Crippen molar-refractivity contribution in [3.63, 3.8) is 0 Å². The number of nitrogens with zero attached hydrogens (tertiary/aromatic N) is 3. The fourth-order valence-corrected chi connectivity index (χ4v) is 8.20. The zero-order valence-electron chi connectivity index (χ0n) is 56.8. The first-order chi connectivity index (χ1) is 39.2. The Morgan fingerprint density at radius 2 is 1.28 bits per heavy atom. The fraction of sp³-hybridized carbons (Fsp3) is 0.226. The van der Waals surface area contributed by atoms with Gasteiger partial charge in [0.1, 0.15) is 11.6 Å². The summed E-state index contributed by atoms with van der Waals surface area (Å²) >= 11 is 0. The van der Waals surface area contributed by atoms with Gasteiger partial charge in [-0.15, -0.1) is 23.8 Å². The van der Waals surface area contributed by atoms with Crippen LogP contribution in [0.3, 0.4) is 0 Å². The maximum absolute atomic E-state index is 12.6. The van der Waals surface area contributed by atoms with Crippen molar-refractivity contribution in [1.82, 2.24) is 14.5 Å². The summed E-state index contributed by atoms with van der Waals surface area (Å²) in [6, 6.07) is 36.1. The SMILES string of the molecule is [2H]c1c([2H])c(C(C([2H])([2H])[2H])(C([2H])([2H])[2H])C([2H])([2H])[2H])c([2H])c([2H])c1-c1ccnc(-c2[c-]c(-c3cccc4c3nc(-c3cc(C(C)(C)C)cc(C(C)(C)C)c3O)n4-c3cc(-c4ccccc4)c(C([2H])([2H])[2H])c(C([2H])([2H])[2H])c3)cc(-c3ccccc3)c2)c1.[Pt]. The average Bonchev–Trinajstić information content (AvgIpc) is 0.728. The van der Waals surface area contributed by atoms with Crippen molar-refractivity contribution in [2.75, 3.05) is 0 Å². The van der Waals surface area contributed by atoms with Gasteiger partial charge in [-0.3, -0.25) is 9.55 Å². The van der Waals surface area contributed by atoms with Crippen LogP contribution >= 0.6 is 0 Å². The second-order valence-corrected chi connectivity index (χ2v) is 18.6. The zero-order valence-corrected chi connectivity index (χ0v) is 40.1. The molecule has 0 aliphatic rings. The van der Waals surface area contributed by atoms with Gasteiger partial charge in [-0.2, -0.15) is 0 Å². The number of phenolic OH excluding ortho intramolecular Hbond substituents is 1. The third kappa shape index (κ3) is 9.34. The summed E-state index contributed by atoms with van der Waals surface area (Å²) in [6.45, 7) is -5.34. The minimum atomic E-state index is -3.86. The van der Waals surface area contributed by atoms with Crippen LogP contribution in [0, 0.1) is 19.8 Å². The fourth-order valence-electron chi connectivity index (χ4n) is 8.20. The first-order valence-electron chi connectivity index (χ1n) is 31.1. The molecular formula is C62H60N3OPt-. The number of rotatable bonds is 7. The van der Waals surface area contributed by atoms with Gasteiger partial charge >= 0.3 is 0 Å². The minimum Gasteiger partial charge on any atom is -0.507 e. The molecule has 0 fully saturated rings. The van der Waals surface area contributed by atoms with Gasteiger partial charge in [-0.05, 0) is 110 Å². The Labute approximate surface area is 438 Å². The Kier molecular flexibility index (Phi) is 7.74. The Morgan fingerprint density at radius 1 is 0.582 bits per heavy atom. The van der Waals surface area contributed by atoms with E-state index in [9.17, 15) is 7.85 Å². The largest absolute Gasteiger partial charge is 0.507 e. The molecule has 7 aromatic carbocycles. The van der Waals surface area contributed by atoms with E-state index < -0.39 is 91.4 Å². The van der Waals surface area contributed by atoms with Crippen molar-refractivity contribution in [1.29, 1.82) is 0 Å². The maximum atomic E-state index is 12.6. The van der Waals surface area contributed by atoms with E-state index in [1.807, 2.05) is 96.1 Å². The molecule has 0 saturated heterocycles. The topological polar surface area (TPSA) is 50.9 Å². The molecule has 0 bridgehead atoms. The van der Waals surface area contributed by atoms with Crippen LogP contribution in [0.1, 0.15) is 116 Å². The van der Waals surface area contributed by atoms with E-state index in [0.29, 0.717) is 50.0 Å². The molecule has 0 atom stereocenters. The summed E-state index contributed by atoms with van der Waals surface area (Å²) in [5.41, 5.74) is -1.00. The molecule has 2 heterocycles. The molecule has 0 aliphatic carbocycles. The van der Waals surface area contributed by atoms with Crippen molar-refractivity contribution in [2.24, 2.45) is 0 Å². The molecule has 0 radical (unpaired) electrons. The summed E-state index contributed by atoms with van der Waals surface area (Å²) < 4.78 is 165. The summed E-state index contributed by atoms with van der Waals surface area (Å²) in [5.74, 6) is 0.118. The number of hydrogen-bond acceptors (Lipinski definition) is 3. The molecular weight excluding hydrogens is 998 g/mol. The van der Waals surface area contributed by atoms with Crippen LogP contribution in [0.5, 0.6) is 5.75 Å². The third-order valence-corrected chi connectivity index (χ3v) is 11.8. The van der Waals surface area contributed by atoms with Crippen molar-refractivity contribution >= 4 is 11.0 Å². The number of aromatic hydroxyl groups is 1. The second kappa shape index (κ2) is 18.0. The molecule has 2 aromatic heterocycles. The number of fused-ring (bicyclic) bond motifs is 1. The number of phenols is 1. The van der Waals surface area contributed by atoms with Gasteiger partial charge < -0.3 is 5.11 Å². The van der Waals surface area contributed by atoms with Crippen LogP contribution in [0.15, 0.2) is 158 Å². The number of hydrogen-bond donors (Lipinski definition) is 1. The summed E-state index contributed by atoms with van der Waals surface area (Å²) in [6.07, 6.45) is 1.35. The van der Waals surface area contributed by atoms with Crippen molar-refractivity contribution in [3.05, 3.63) is 192 Å². The van der Waals surface area contributed by atoms with E-state index in [-0.39, 0.29) is 60.7 Å². The Morgan fingerprint density at radius 3 is 1.94 bits per heavy atom. The van der Waals surface area contributed by atoms with E-state index in [4.69, 9.17) is 28.3 Å². The van der Waals surface area contributed by atoms with Gasteiger partial charge in [0.25, 0.3) is 0 Å². The minimum absolute atomic E-state index is 0. The smallest absolute Gasteiger partial charge is 0.148 e. The van der Waals surface area contributed by atoms with Crippen LogP contribution in [-0.4, -0.2) is 19.6 Å². The van der Waals surface area contributed by atoms with Crippen LogP contribution in [-0.2, 0) is 37.3 Å². The van der Waals surface area contributed by atoms with Gasteiger partial charge in [-0.25, -0.2) is 4.98 Å². The number of pyridine rings is 1. The molecule has 67 heavy (non-hydrogen) atoms. The molecule has 1 N–H and O–H groups in total. The van der Waals surface area contributed by atoms with E-state index >= 15 is 0 Å². The van der Waals surface area contributed by atoms with Gasteiger partial charge in [0.15, 0.2) is 0 Å². The zero-order chi connectivity index (χ0) is 62.7.